The lowest BCUT2D eigenvalue weighted by Gasteiger charge is -2.18. The minimum atomic E-state index is -0.672. The van der Waals surface area contributed by atoms with Crippen molar-refractivity contribution in [2.75, 3.05) is 26.4 Å². The molecule has 0 aromatic carbocycles. The van der Waals surface area contributed by atoms with Crippen LogP contribution in [0.4, 0.5) is 9.59 Å². The Kier molecular flexibility index (Phi) is 6.02. The van der Waals surface area contributed by atoms with Crippen molar-refractivity contribution >= 4 is 12.3 Å². The monoisotopic (exact) mass is 384 g/mol. The molecule has 152 valence electrons. The molecule has 0 N–H and O–H groups in total. The number of carbonyl (C=O) groups is 2. The Labute approximate surface area is 158 Å². The zero-order valence-corrected chi connectivity index (χ0v) is 15.5. The quantitative estimate of drug-likeness (QED) is 0.358. The van der Waals surface area contributed by atoms with E-state index in [4.69, 9.17) is 28.4 Å². The summed E-state index contributed by atoms with van der Waals surface area (Å²) < 4.78 is 31.1. The van der Waals surface area contributed by atoms with Gasteiger partial charge in [-0.15, -0.1) is 0 Å². The minimum absolute atomic E-state index is 0.146. The van der Waals surface area contributed by atoms with Crippen LogP contribution < -0.4 is 0 Å². The number of epoxide rings is 2. The van der Waals surface area contributed by atoms with Crippen molar-refractivity contribution in [3.8, 4) is 0 Å². The predicted octanol–water partition coefficient (Wildman–Crippen LogP) is 2.82. The van der Waals surface area contributed by atoms with E-state index in [0.29, 0.717) is 55.9 Å². The van der Waals surface area contributed by atoms with Crippen molar-refractivity contribution in [1.82, 2.24) is 0 Å². The van der Waals surface area contributed by atoms with Gasteiger partial charge >= 0.3 is 12.3 Å². The normalized spacial score (nSPS) is 36.0. The van der Waals surface area contributed by atoms with Crippen LogP contribution in [0.2, 0.25) is 0 Å². The third kappa shape index (κ3) is 5.72. The van der Waals surface area contributed by atoms with E-state index in [1.165, 1.54) is 0 Å². The van der Waals surface area contributed by atoms with Gasteiger partial charge in [0, 0.05) is 6.42 Å². The molecule has 0 amide bonds. The molecule has 0 spiro atoms. The molecular formula is C19H28O8. The highest BCUT2D eigenvalue weighted by atomic mass is 16.7. The summed E-state index contributed by atoms with van der Waals surface area (Å²) in [6, 6.07) is 0. The maximum atomic E-state index is 11.6. The molecule has 6 unspecified atom stereocenters. The molecule has 2 saturated heterocycles. The fourth-order valence-corrected chi connectivity index (χ4v) is 4.10. The van der Waals surface area contributed by atoms with Gasteiger partial charge in [0.15, 0.2) is 0 Å². The van der Waals surface area contributed by atoms with Gasteiger partial charge in [0.1, 0.15) is 0 Å². The van der Waals surface area contributed by atoms with Gasteiger partial charge in [-0.05, 0) is 50.4 Å². The number of ether oxygens (including phenoxy) is 6. The first kappa shape index (κ1) is 18.8. The smallest absolute Gasteiger partial charge is 0.434 e. The Bertz CT molecular complexity index is 492. The Morgan fingerprint density at radius 1 is 0.667 bits per heavy atom. The molecule has 2 aliphatic heterocycles. The summed E-state index contributed by atoms with van der Waals surface area (Å²) >= 11 is 0. The Morgan fingerprint density at radius 2 is 1.15 bits per heavy atom. The molecule has 4 aliphatic rings. The third-order valence-corrected chi connectivity index (χ3v) is 5.83. The van der Waals surface area contributed by atoms with E-state index in [9.17, 15) is 9.59 Å². The van der Waals surface area contributed by atoms with E-state index < -0.39 is 12.3 Å². The molecule has 2 heterocycles. The van der Waals surface area contributed by atoms with Crippen LogP contribution in [-0.2, 0) is 28.4 Å². The van der Waals surface area contributed by atoms with Gasteiger partial charge in [-0.1, -0.05) is 0 Å². The van der Waals surface area contributed by atoms with E-state index in [1.54, 1.807) is 0 Å². The second-order valence-electron chi connectivity index (χ2n) is 7.96. The second kappa shape index (κ2) is 8.65. The first-order valence-corrected chi connectivity index (χ1v) is 10.1. The molecule has 2 aliphatic carbocycles. The minimum Gasteiger partial charge on any atom is -0.434 e. The number of hydrogen-bond acceptors (Lipinski definition) is 8. The van der Waals surface area contributed by atoms with Crippen LogP contribution in [0.3, 0.4) is 0 Å². The Hall–Kier alpha value is -1.54. The molecule has 4 rings (SSSR count). The highest BCUT2D eigenvalue weighted by Gasteiger charge is 2.44. The molecular weight excluding hydrogens is 356 g/mol. The van der Waals surface area contributed by atoms with Gasteiger partial charge in [0.2, 0.25) is 0 Å². The van der Waals surface area contributed by atoms with Gasteiger partial charge in [0.25, 0.3) is 0 Å². The summed E-state index contributed by atoms with van der Waals surface area (Å²) in [4.78, 5) is 23.1. The van der Waals surface area contributed by atoms with Gasteiger partial charge in [-0.3, -0.25) is 0 Å². The standard InChI is InChI=1S/C19H28O8/c20-18(24-10-12-2-4-14-16(8-12)26-14)22-6-1-7-23-19(21)25-11-13-3-5-15-17(9-13)27-15/h12-17H,1-11H2. The molecule has 4 fully saturated rings. The van der Waals surface area contributed by atoms with Crippen molar-refractivity contribution in [1.29, 1.82) is 0 Å². The second-order valence-corrected chi connectivity index (χ2v) is 7.96. The van der Waals surface area contributed by atoms with E-state index in [0.717, 1.165) is 38.5 Å². The number of hydrogen-bond donors (Lipinski definition) is 0. The molecule has 0 radical (unpaired) electrons. The Morgan fingerprint density at radius 3 is 1.59 bits per heavy atom. The summed E-state index contributed by atoms with van der Waals surface area (Å²) in [6.45, 7) is 1.05. The van der Waals surface area contributed by atoms with Crippen LogP contribution in [-0.4, -0.2) is 63.2 Å². The number of carbonyl (C=O) groups excluding carboxylic acids is 2. The largest absolute Gasteiger partial charge is 0.508 e. The van der Waals surface area contributed by atoms with Gasteiger partial charge < -0.3 is 28.4 Å². The summed E-state index contributed by atoms with van der Waals surface area (Å²) in [5, 5.41) is 0. The van der Waals surface area contributed by atoms with Gasteiger partial charge in [-0.25, -0.2) is 9.59 Å². The van der Waals surface area contributed by atoms with Crippen molar-refractivity contribution in [2.45, 2.75) is 69.4 Å². The third-order valence-electron chi connectivity index (χ3n) is 5.83. The summed E-state index contributed by atoms with van der Waals surface area (Å²) in [5.74, 6) is 0.724. The zero-order chi connectivity index (χ0) is 18.6. The van der Waals surface area contributed by atoms with Crippen LogP contribution in [0.25, 0.3) is 0 Å². The molecule has 8 heteroatoms. The molecule has 27 heavy (non-hydrogen) atoms. The zero-order valence-electron chi connectivity index (χ0n) is 15.5. The molecule has 2 saturated carbocycles. The highest BCUT2D eigenvalue weighted by molar-refractivity contribution is 5.60. The molecule has 6 atom stereocenters. The summed E-state index contributed by atoms with van der Waals surface area (Å²) in [5.41, 5.74) is 0. The van der Waals surface area contributed by atoms with Crippen molar-refractivity contribution in [2.24, 2.45) is 11.8 Å². The topological polar surface area (TPSA) is 96.1 Å². The molecule has 0 bridgehead atoms. The summed E-state index contributed by atoms with van der Waals surface area (Å²) in [6.07, 6.45) is 6.79. The van der Waals surface area contributed by atoms with Gasteiger partial charge in [-0.2, -0.15) is 0 Å². The average molecular weight is 384 g/mol. The summed E-state index contributed by atoms with van der Waals surface area (Å²) in [7, 11) is 0. The predicted molar refractivity (Wildman–Crippen MR) is 91.2 cm³/mol. The van der Waals surface area contributed by atoms with E-state index in [-0.39, 0.29) is 13.2 Å². The van der Waals surface area contributed by atoms with Crippen LogP contribution >= 0.6 is 0 Å². The van der Waals surface area contributed by atoms with Crippen LogP contribution in [0, 0.1) is 11.8 Å². The maximum Gasteiger partial charge on any atom is 0.508 e. The number of fused-ring (bicyclic) bond motifs is 2. The Balaban J connectivity index is 0.967. The fraction of sp³-hybridized carbons (Fsp3) is 0.895. The van der Waals surface area contributed by atoms with Crippen LogP contribution in [0.5, 0.6) is 0 Å². The lowest BCUT2D eigenvalue weighted by Crippen LogP contribution is -2.22. The van der Waals surface area contributed by atoms with E-state index in [2.05, 4.69) is 0 Å². The number of rotatable bonds is 8. The van der Waals surface area contributed by atoms with E-state index >= 15 is 0 Å². The molecule has 8 nitrogen and oxygen atoms in total. The molecule has 0 aromatic heterocycles. The highest BCUT2D eigenvalue weighted by Crippen LogP contribution is 2.40. The fourth-order valence-electron chi connectivity index (χ4n) is 4.10. The van der Waals surface area contributed by atoms with Crippen LogP contribution in [0.15, 0.2) is 0 Å². The van der Waals surface area contributed by atoms with Crippen molar-refractivity contribution < 1.29 is 38.0 Å². The lowest BCUT2D eigenvalue weighted by molar-refractivity contribution is 0.0246. The SMILES string of the molecule is O=C(OCCCOC(=O)OCC1CCC2OC2C1)OCC1CCC2OC2C1. The molecule has 0 aromatic rings. The maximum absolute atomic E-state index is 11.6. The van der Waals surface area contributed by atoms with Gasteiger partial charge in [0.05, 0.1) is 50.8 Å². The first-order valence-electron chi connectivity index (χ1n) is 10.1. The van der Waals surface area contributed by atoms with E-state index in [1.807, 2.05) is 0 Å². The average Bonchev–Trinajstić information content (AvgIpc) is 3.58. The van der Waals surface area contributed by atoms with Crippen LogP contribution in [0.1, 0.15) is 44.9 Å². The lowest BCUT2D eigenvalue weighted by atomic mass is 9.90. The van der Waals surface area contributed by atoms with Crippen molar-refractivity contribution in [3.63, 3.8) is 0 Å². The van der Waals surface area contributed by atoms with Crippen molar-refractivity contribution in [3.05, 3.63) is 0 Å². The first-order chi connectivity index (χ1) is 13.2.